The smallest absolute Gasteiger partial charge is 0.191 e. The number of pyridine rings is 1. The number of rotatable bonds is 6. The quantitative estimate of drug-likeness (QED) is 0.348. The van der Waals surface area contributed by atoms with Gasteiger partial charge >= 0.3 is 0 Å². The van der Waals surface area contributed by atoms with E-state index >= 15 is 0 Å². The monoisotopic (exact) mass is 388 g/mol. The van der Waals surface area contributed by atoms with Crippen LogP contribution in [0.2, 0.25) is 0 Å². The standard InChI is InChI=1S/C23H28N6/c1-4-24-23(27-14-19-15-29-17(3)8-6-10-21(29)28-19)25-12-11-18-13-26-22-16(2)7-5-9-20(18)22/h5-10,13,15,26H,4,11-12,14H2,1-3H3,(H2,24,25,27). The number of aromatic nitrogens is 3. The first-order valence-electron chi connectivity index (χ1n) is 10.2. The Balaban J connectivity index is 1.41. The molecule has 150 valence electrons. The van der Waals surface area contributed by atoms with Crippen molar-refractivity contribution in [2.75, 3.05) is 13.1 Å². The van der Waals surface area contributed by atoms with Crippen molar-refractivity contribution < 1.29 is 0 Å². The van der Waals surface area contributed by atoms with E-state index in [9.17, 15) is 0 Å². The number of nitrogens with zero attached hydrogens (tertiary/aromatic N) is 3. The summed E-state index contributed by atoms with van der Waals surface area (Å²) in [6.45, 7) is 8.48. The fourth-order valence-electron chi connectivity index (χ4n) is 3.66. The van der Waals surface area contributed by atoms with Gasteiger partial charge < -0.3 is 20.0 Å². The Labute approximate surface area is 171 Å². The highest BCUT2D eigenvalue weighted by atomic mass is 15.2. The zero-order valence-corrected chi connectivity index (χ0v) is 17.3. The summed E-state index contributed by atoms with van der Waals surface area (Å²) in [4.78, 5) is 12.8. The molecule has 0 atom stereocenters. The van der Waals surface area contributed by atoms with Crippen molar-refractivity contribution in [2.45, 2.75) is 33.7 Å². The van der Waals surface area contributed by atoms with Gasteiger partial charge in [0, 0.05) is 42.1 Å². The van der Waals surface area contributed by atoms with E-state index in [2.05, 4.69) is 82.4 Å². The first kappa shape index (κ1) is 19.1. The van der Waals surface area contributed by atoms with E-state index in [0.717, 1.165) is 36.8 Å². The Hall–Kier alpha value is -3.28. The maximum Gasteiger partial charge on any atom is 0.191 e. The van der Waals surface area contributed by atoms with E-state index in [0.29, 0.717) is 6.54 Å². The van der Waals surface area contributed by atoms with Gasteiger partial charge in [0.2, 0.25) is 0 Å². The molecule has 6 heteroatoms. The molecule has 0 spiro atoms. The number of fused-ring (bicyclic) bond motifs is 2. The van der Waals surface area contributed by atoms with Gasteiger partial charge in [0.1, 0.15) is 5.65 Å². The van der Waals surface area contributed by atoms with Gasteiger partial charge in [0.15, 0.2) is 5.96 Å². The average molecular weight is 389 g/mol. The van der Waals surface area contributed by atoms with Gasteiger partial charge in [-0.1, -0.05) is 24.3 Å². The Morgan fingerprint density at radius 3 is 2.83 bits per heavy atom. The average Bonchev–Trinajstić information content (AvgIpc) is 3.32. The van der Waals surface area contributed by atoms with Gasteiger partial charge in [-0.15, -0.1) is 0 Å². The van der Waals surface area contributed by atoms with Crippen molar-refractivity contribution >= 4 is 22.5 Å². The number of aliphatic imine (C=N–C) groups is 1. The number of aromatic amines is 1. The molecule has 0 bridgehead atoms. The number of imidazole rings is 1. The molecule has 0 fully saturated rings. The van der Waals surface area contributed by atoms with E-state index in [1.807, 2.05) is 12.1 Å². The van der Waals surface area contributed by atoms with Crippen molar-refractivity contribution in [3.8, 4) is 0 Å². The lowest BCUT2D eigenvalue weighted by Crippen LogP contribution is -2.38. The maximum atomic E-state index is 4.71. The maximum absolute atomic E-state index is 4.71. The van der Waals surface area contributed by atoms with Crippen LogP contribution in [0.25, 0.3) is 16.6 Å². The van der Waals surface area contributed by atoms with Crippen molar-refractivity contribution in [3.05, 3.63) is 71.3 Å². The molecular formula is C23H28N6. The molecule has 3 heterocycles. The summed E-state index contributed by atoms with van der Waals surface area (Å²) in [7, 11) is 0. The molecule has 0 radical (unpaired) electrons. The Bertz CT molecular complexity index is 1150. The third-order valence-corrected chi connectivity index (χ3v) is 5.19. The minimum absolute atomic E-state index is 0.544. The summed E-state index contributed by atoms with van der Waals surface area (Å²) in [5.74, 6) is 0.817. The number of aryl methyl sites for hydroxylation is 2. The zero-order chi connectivity index (χ0) is 20.2. The molecule has 29 heavy (non-hydrogen) atoms. The Kier molecular flexibility index (Phi) is 5.51. The van der Waals surface area contributed by atoms with Crippen molar-refractivity contribution in [3.63, 3.8) is 0 Å². The third-order valence-electron chi connectivity index (χ3n) is 5.19. The molecule has 6 nitrogen and oxygen atoms in total. The number of hydrogen-bond acceptors (Lipinski definition) is 2. The SMILES string of the molecule is CCNC(=NCc1cn2c(C)cccc2n1)NCCc1c[nH]c2c(C)cccc12. The number of H-pyrrole nitrogens is 1. The molecule has 3 aromatic heterocycles. The van der Waals surface area contributed by atoms with Gasteiger partial charge in [-0.25, -0.2) is 9.98 Å². The topological polar surface area (TPSA) is 69.5 Å². The molecule has 0 aliphatic heterocycles. The molecular weight excluding hydrogens is 360 g/mol. The number of hydrogen-bond donors (Lipinski definition) is 3. The van der Waals surface area contributed by atoms with Crippen LogP contribution in [0, 0.1) is 13.8 Å². The van der Waals surface area contributed by atoms with Crippen LogP contribution in [0.4, 0.5) is 0 Å². The van der Waals surface area contributed by atoms with Gasteiger partial charge in [0.05, 0.1) is 12.2 Å². The van der Waals surface area contributed by atoms with Crippen molar-refractivity contribution in [1.29, 1.82) is 0 Å². The second-order valence-electron chi connectivity index (χ2n) is 7.31. The van der Waals surface area contributed by atoms with Crippen LogP contribution in [-0.4, -0.2) is 33.4 Å². The Morgan fingerprint density at radius 1 is 1.14 bits per heavy atom. The summed E-state index contributed by atoms with van der Waals surface area (Å²) < 4.78 is 2.10. The van der Waals surface area contributed by atoms with Crippen LogP contribution in [0.1, 0.15) is 29.4 Å². The molecule has 4 rings (SSSR count). The molecule has 4 aromatic rings. The number of guanidine groups is 1. The van der Waals surface area contributed by atoms with Crippen LogP contribution >= 0.6 is 0 Å². The first-order valence-corrected chi connectivity index (χ1v) is 10.2. The highest BCUT2D eigenvalue weighted by Crippen LogP contribution is 2.21. The fraction of sp³-hybridized carbons (Fsp3) is 0.304. The van der Waals surface area contributed by atoms with Gasteiger partial charge in [-0.05, 0) is 50.5 Å². The van der Waals surface area contributed by atoms with Crippen molar-refractivity contribution in [1.82, 2.24) is 25.0 Å². The van der Waals surface area contributed by atoms with Crippen molar-refractivity contribution in [2.24, 2.45) is 4.99 Å². The van der Waals surface area contributed by atoms with Crippen LogP contribution in [-0.2, 0) is 13.0 Å². The zero-order valence-electron chi connectivity index (χ0n) is 17.3. The van der Waals surface area contributed by atoms with E-state index in [1.54, 1.807) is 0 Å². The lowest BCUT2D eigenvalue weighted by Gasteiger charge is -2.10. The van der Waals surface area contributed by atoms with Gasteiger partial charge in [0.25, 0.3) is 0 Å². The Morgan fingerprint density at radius 2 is 2.00 bits per heavy atom. The molecule has 1 aromatic carbocycles. The highest BCUT2D eigenvalue weighted by Gasteiger charge is 2.06. The van der Waals surface area contributed by atoms with E-state index in [-0.39, 0.29) is 0 Å². The second kappa shape index (κ2) is 8.39. The first-order chi connectivity index (χ1) is 14.2. The molecule has 3 N–H and O–H groups in total. The predicted molar refractivity (Wildman–Crippen MR) is 119 cm³/mol. The van der Waals surface area contributed by atoms with Gasteiger partial charge in [-0.3, -0.25) is 0 Å². The van der Waals surface area contributed by atoms with E-state index in [1.165, 1.54) is 27.7 Å². The fourth-order valence-corrected chi connectivity index (χ4v) is 3.66. The lowest BCUT2D eigenvalue weighted by molar-refractivity contribution is 0.799. The summed E-state index contributed by atoms with van der Waals surface area (Å²) in [6, 6.07) is 12.6. The van der Waals surface area contributed by atoms with Crippen LogP contribution in [0.3, 0.4) is 0 Å². The van der Waals surface area contributed by atoms with Crippen LogP contribution < -0.4 is 10.6 Å². The summed E-state index contributed by atoms with van der Waals surface area (Å²) in [6.07, 6.45) is 5.11. The molecule has 0 saturated carbocycles. The summed E-state index contributed by atoms with van der Waals surface area (Å²) in [5, 5.41) is 8.06. The number of nitrogens with one attached hydrogen (secondary N) is 3. The molecule has 0 amide bonds. The molecule has 0 unspecified atom stereocenters. The number of para-hydroxylation sites is 1. The predicted octanol–water partition coefficient (Wildman–Crippen LogP) is 3.73. The lowest BCUT2D eigenvalue weighted by atomic mass is 10.1. The summed E-state index contributed by atoms with van der Waals surface area (Å²) >= 11 is 0. The second-order valence-corrected chi connectivity index (χ2v) is 7.31. The minimum Gasteiger partial charge on any atom is -0.361 e. The van der Waals surface area contributed by atoms with Gasteiger partial charge in [-0.2, -0.15) is 0 Å². The van der Waals surface area contributed by atoms with Crippen LogP contribution in [0.5, 0.6) is 0 Å². The summed E-state index contributed by atoms with van der Waals surface area (Å²) in [5.41, 5.74) is 6.92. The van der Waals surface area contributed by atoms with E-state index in [4.69, 9.17) is 4.99 Å². The molecule has 0 saturated heterocycles. The minimum atomic E-state index is 0.544. The normalized spacial score (nSPS) is 12.0. The van der Waals surface area contributed by atoms with Crippen LogP contribution in [0.15, 0.2) is 53.8 Å². The highest BCUT2D eigenvalue weighted by molar-refractivity contribution is 5.86. The molecule has 0 aliphatic rings. The number of benzene rings is 1. The third kappa shape index (κ3) is 4.11. The van der Waals surface area contributed by atoms with E-state index < -0.39 is 0 Å². The molecule has 0 aliphatic carbocycles. The largest absolute Gasteiger partial charge is 0.361 e.